The first kappa shape index (κ1) is 13.3. The summed E-state index contributed by atoms with van der Waals surface area (Å²) in [5.74, 6) is -0.258. The fraction of sp³-hybridized carbons (Fsp3) is 0.571. The van der Waals surface area contributed by atoms with Crippen LogP contribution in [0.4, 0.5) is 4.39 Å². The first-order valence-electron chi connectivity index (χ1n) is 6.23. The number of ether oxygens (including phenoxy) is 1. The van der Waals surface area contributed by atoms with Crippen LogP contribution in [0.1, 0.15) is 25.3 Å². The highest BCUT2D eigenvalue weighted by atomic mass is 19.1. The molecule has 1 saturated heterocycles. The summed E-state index contributed by atoms with van der Waals surface area (Å²) in [7, 11) is 3.45. The Morgan fingerprint density at radius 1 is 1.50 bits per heavy atom. The summed E-state index contributed by atoms with van der Waals surface area (Å²) in [4.78, 5) is 2.17. The highest BCUT2D eigenvalue weighted by Crippen LogP contribution is 2.38. The van der Waals surface area contributed by atoms with E-state index in [0.717, 1.165) is 6.54 Å². The molecule has 2 rings (SSSR count). The van der Waals surface area contributed by atoms with Gasteiger partial charge in [-0.25, -0.2) is 4.39 Å². The van der Waals surface area contributed by atoms with E-state index in [1.165, 1.54) is 7.11 Å². The van der Waals surface area contributed by atoms with Gasteiger partial charge in [0.05, 0.1) is 12.7 Å². The van der Waals surface area contributed by atoms with Crippen molar-refractivity contribution in [2.45, 2.75) is 31.4 Å². The summed E-state index contributed by atoms with van der Waals surface area (Å²) >= 11 is 0. The minimum Gasteiger partial charge on any atom is -0.494 e. The fourth-order valence-electron chi connectivity index (χ4n) is 2.60. The average Bonchev–Trinajstić information content (AvgIpc) is 2.34. The second-order valence-electron chi connectivity index (χ2n) is 5.14. The lowest BCUT2D eigenvalue weighted by Gasteiger charge is -2.41. The maximum atomic E-state index is 14.2. The highest BCUT2D eigenvalue weighted by molar-refractivity contribution is 5.35. The summed E-state index contributed by atoms with van der Waals surface area (Å²) in [6, 6.07) is 5.17. The van der Waals surface area contributed by atoms with Gasteiger partial charge in [0, 0.05) is 18.2 Å². The SMILES string of the molecule is COc1cccc(C2(O)CCN(C)C(C)C2)c1F. The summed E-state index contributed by atoms with van der Waals surface area (Å²) < 4.78 is 19.2. The van der Waals surface area contributed by atoms with Gasteiger partial charge in [-0.2, -0.15) is 0 Å². The molecule has 3 nitrogen and oxygen atoms in total. The molecule has 0 radical (unpaired) electrons. The number of halogens is 1. The van der Waals surface area contributed by atoms with E-state index in [4.69, 9.17) is 4.74 Å². The zero-order valence-corrected chi connectivity index (χ0v) is 11.1. The number of aliphatic hydroxyl groups is 1. The van der Waals surface area contributed by atoms with Crippen molar-refractivity contribution in [3.8, 4) is 5.75 Å². The monoisotopic (exact) mass is 253 g/mol. The van der Waals surface area contributed by atoms with Crippen molar-refractivity contribution in [1.29, 1.82) is 0 Å². The normalized spacial score (nSPS) is 29.3. The number of hydrogen-bond donors (Lipinski definition) is 1. The van der Waals surface area contributed by atoms with Gasteiger partial charge in [-0.3, -0.25) is 0 Å². The lowest BCUT2D eigenvalue weighted by atomic mass is 9.81. The molecule has 4 heteroatoms. The van der Waals surface area contributed by atoms with Crippen molar-refractivity contribution in [3.05, 3.63) is 29.6 Å². The van der Waals surface area contributed by atoms with Crippen LogP contribution in [0.5, 0.6) is 5.75 Å². The molecule has 1 aliphatic rings. The highest BCUT2D eigenvalue weighted by Gasteiger charge is 2.39. The average molecular weight is 253 g/mol. The third-order valence-corrected chi connectivity index (χ3v) is 3.95. The molecule has 0 aliphatic carbocycles. The molecule has 1 aromatic carbocycles. The largest absolute Gasteiger partial charge is 0.494 e. The van der Waals surface area contributed by atoms with Crippen LogP contribution in [0.3, 0.4) is 0 Å². The lowest BCUT2D eigenvalue weighted by molar-refractivity contribution is -0.0434. The zero-order valence-electron chi connectivity index (χ0n) is 11.1. The van der Waals surface area contributed by atoms with Crippen molar-refractivity contribution >= 4 is 0 Å². The Morgan fingerprint density at radius 3 is 2.83 bits per heavy atom. The number of likely N-dealkylation sites (tertiary alicyclic amines) is 1. The van der Waals surface area contributed by atoms with Gasteiger partial charge in [-0.15, -0.1) is 0 Å². The van der Waals surface area contributed by atoms with Gasteiger partial charge in [0.2, 0.25) is 0 Å². The van der Waals surface area contributed by atoms with Crippen LogP contribution in [0.15, 0.2) is 18.2 Å². The van der Waals surface area contributed by atoms with E-state index in [0.29, 0.717) is 18.4 Å². The number of methoxy groups -OCH3 is 1. The van der Waals surface area contributed by atoms with Gasteiger partial charge in [-0.05, 0) is 32.9 Å². The Morgan fingerprint density at radius 2 is 2.22 bits per heavy atom. The Balaban J connectivity index is 2.36. The predicted molar refractivity (Wildman–Crippen MR) is 68.2 cm³/mol. The Labute approximate surface area is 107 Å². The van der Waals surface area contributed by atoms with Crippen molar-refractivity contribution in [2.24, 2.45) is 0 Å². The quantitative estimate of drug-likeness (QED) is 0.876. The van der Waals surface area contributed by atoms with Gasteiger partial charge in [0.1, 0.15) is 0 Å². The molecule has 0 bridgehead atoms. The Hall–Kier alpha value is -1.13. The Bertz CT molecular complexity index is 438. The molecule has 1 fully saturated rings. The summed E-state index contributed by atoms with van der Waals surface area (Å²) in [5, 5.41) is 10.7. The van der Waals surface area contributed by atoms with Gasteiger partial charge in [0.25, 0.3) is 0 Å². The molecule has 1 N–H and O–H groups in total. The standard InChI is InChI=1S/C14H20FNO2/c1-10-9-14(17,7-8-16(10)2)11-5-4-6-12(18-3)13(11)15/h4-6,10,17H,7-9H2,1-3H3. The van der Waals surface area contributed by atoms with Crippen LogP contribution in [0.25, 0.3) is 0 Å². The van der Waals surface area contributed by atoms with Crippen molar-refractivity contribution in [3.63, 3.8) is 0 Å². The number of benzene rings is 1. The smallest absolute Gasteiger partial charge is 0.171 e. The van der Waals surface area contributed by atoms with E-state index >= 15 is 0 Å². The number of nitrogens with zero attached hydrogens (tertiary/aromatic N) is 1. The molecule has 0 aromatic heterocycles. The van der Waals surface area contributed by atoms with E-state index < -0.39 is 11.4 Å². The van der Waals surface area contributed by atoms with E-state index in [1.807, 2.05) is 14.0 Å². The number of piperidine rings is 1. The summed E-state index contributed by atoms with van der Waals surface area (Å²) in [6.07, 6.45) is 1.07. The van der Waals surface area contributed by atoms with Crippen LogP contribution in [0, 0.1) is 5.82 Å². The molecule has 2 atom stereocenters. The zero-order chi connectivity index (χ0) is 13.3. The molecular weight excluding hydrogens is 233 g/mol. The van der Waals surface area contributed by atoms with Gasteiger partial charge in [0.15, 0.2) is 11.6 Å². The first-order chi connectivity index (χ1) is 8.48. The van der Waals surface area contributed by atoms with Crippen LogP contribution in [-0.2, 0) is 5.60 Å². The van der Waals surface area contributed by atoms with Crippen LogP contribution in [0.2, 0.25) is 0 Å². The minimum absolute atomic E-state index is 0.188. The van der Waals surface area contributed by atoms with E-state index in [1.54, 1.807) is 18.2 Å². The fourth-order valence-corrected chi connectivity index (χ4v) is 2.60. The minimum atomic E-state index is -1.09. The molecule has 18 heavy (non-hydrogen) atoms. The molecule has 1 heterocycles. The maximum absolute atomic E-state index is 14.2. The van der Waals surface area contributed by atoms with Crippen molar-refractivity contribution in [2.75, 3.05) is 20.7 Å². The summed E-state index contributed by atoms with van der Waals surface area (Å²) in [6.45, 7) is 2.80. The maximum Gasteiger partial charge on any atom is 0.171 e. The van der Waals surface area contributed by atoms with Gasteiger partial charge >= 0.3 is 0 Å². The van der Waals surface area contributed by atoms with E-state index in [9.17, 15) is 9.50 Å². The van der Waals surface area contributed by atoms with Crippen molar-refractivity contribution in [1.82, 2.24) is 4.90 Å². The first-order valence-corrected chi connectivity index (χ1v) is 6.23. The second-order valence-corrected chi connectivity index (χ2v) is 5.14. The summed E-state index contributed by atoms with van der Waals surface area (Å²) in [5.41, 5.74) is -0.744. The lowest BCUT2D eigenvalue weighted by Crippen LogP contribution is -2.46. The Kier molecular flexibility index (Phi) is 3.59. The van der Waals surface area contributed by atoms with E-state index in [2.05, 4.69) is 4.90 Å². The van der Waals surface area contributed by atoms with Crippen LogP contribution < -0.4 is 4.74 Å². The number of hydrogen-bond acceptors (Lipinski definition) is 3. The molecule has 1 aliphatic heterocycles. The van der Waals surface area contributed by atoms with Gasteiger partial charge in [-0.1, -0.05) is 12.1 Å². The van der Waals surface area contributed by atoms with Crippen LogP contribution in [-0.4, -0.2) is 36.8 Å². The van der Waals surface area contributed by atoms with Crippen LogP contribution >= 0.6 is 0 Å². The molecule has 1 aromatic rings. The molecule has 0 amide bonds. The molecule has 2 unspecified atom stereocenters. The van der Waals surface area contributed by atoms with Crippen molar-refractivity contribution < 1.29 is 14.2 Å². The molecule has 100 valence electrons. The molecule has 0 spiro atoms. The third-order valence-electron chi connectivity index (χ3n) is 3.95. The van der Waals surface area contributed by atoms with E-state index in [-0.39, 0.29) is 11.8 Å². The topological polar surface area (TPSA) is 32.7 Å². The predicted octanol–water partition coefficient (Wildman–Crippen LogP) is 2.14. The molecule has 0 saturated carbocycles. The third kappa shape index (κ3) is 2.22. The van der Waals surface area contributed by atoms with Gasteiger partial charge < -0.3 is 14.7 Å². The second kappa shape index (κ2) is 4.86. The number of rotatable bonds is 2. The molecular formula is C14H20FNO2.